The highest BCUT2D eigenvalue weighted by atomic mass is 16.4. The first-order valence-electron chi connectivity index (χ1n) is 6.92. The molecule has 6 nitrogen and oxygen atoms in total. The first-order valence-corrected chi connectivity index (χ1v) is 6.92. The lowest BCUT2D eigenvalue weighted by Crippen LogP contribution is -2.38. The molecule has 1 aliphatic heterocycles. The van der Waals surface area contributed by atoms with Crippen LogP contribution in [0, 0.1) is 0 Å². The SMILES string of the molecule is CN1CCCC1CNC(=O)c1ccc(/C=C/C(=O)O)cn1. The number of aliphatic carboxylic acids is 1. The van der Waals surface area contributed by atoms with E-state index < -0.39 is 5.97 Å². The summed E-state index contributed by atoms with van der Waals surface area (Å²) in [6, 6.07) is 3.66. The molecule has 0 radical (unpaired) electrons. The summed E-state index contributed by atoms with van der Waals surface area (Å²) in [4.78, 5) is 28.7. The minimum Gasteiger partial charge on any atom is -0.478 e. The molecule has 2 N–H and O–H groups in total. The minimum atomic E-state index is -1.02. The predicted octanol–water partition coefficient (Wildman–Crippen LogP) is 1.00. The Morgan fingerprint density at radius 1 is 1.52 bits per heavy atom. The zero-order valence-corrected chi connectivity index (χ0v) is 12.0. The Morgan fingerprint density at radius 3 is 2.90 bits per heavy atom. The number of amides is 1. The second kappa shape index (κ2) is 6.99. The summed E-state index contributed by atoms with van der Waals surface area (Å²) in [5.74, 6) is -1.22. The fourth-order valence-corrected chi connectivity index (χ4v) is 2.34. The van der Waals surface area contributed by atoms with Gasteiger partial charge in [-0.15, -0.1) is 0 Å². The standard InChI is InChI=1S/C15H19N3O3/c1-18-8-2-3-12(18)10-17-15(21)13-6-4-11(9-16-13)5-7-14(19)20/h4-7,9,12H,2-3,8,10H2,1H3,(H,17,21)(H,19,20)/b7-5+. The first-order chi connectivity index (χ1) is 10.1. The Bertz CT molecular complexity index is 540. The summed E-state index contributed by atoms with van der Waals surface area (Å²) >= 11 is 0. The van der Waals surface area contributed by atoms with E-state index >= 15 is 0 Å². The molecule has 1 amide bonds. The summed E-state index contributed by atoms with van der Waals surface area (Å²) in [6.45, 7) is 1.70. The molecule has 2 heterocycles. The number of likely N-dealkylation sites (N-methyl/N-ethyl adjacent to an activating group) is 1. The summed E-state index contributed by atoms with van der Waals surface area (Å²) < 4.78 is 0. The monoisotopic (exact) mass is 289 g/mol. The normalized spacial score (nSPS) is 19.0. The third-order valence-corrected chi connectivity index (χ3v) is 3.61. The Balaban J connectivity index is 1.89. The molecule has 2 rings (SSSR count). The third-order valence-electron chi connectivity index (χ3n) is 3.61. The van der Waals surface area contributed by atoms with E-state index in [0.717, 1.165) is 19.0 Å². The smallest absolute Gasteiger partial charge is 0.328 e. The number of hydrogen-bond acceptors (Lipinski definition) is 4. The third kappa shape index (κ3) is 4.39. The summed E-state index contributed by atoms with van der Waals surface area (Å²) in [6.07, 6.45) is 6.22. The highest BCUT2D eigenvalue weighted by Crippen LogP contribution is 2.13. The molecule has 1 atom stereocenters. The average molecular weight is 289 g/mol. The summed E-state index contributed by atoms with van der Waals surface area (Å²) in [5.41, 5.74) is 0.979. The van der Waals surface area contributed by atoms with Crippen molar-refractivity contribution in [3.63, 3.8) is 0 Å². The number of hydrogen-bond donors (Lipinski definition) is 2. The highest BCUT2D eigenvalue weighted by Gasteiger charge is 2.21. The maximum Gasteiger partial charge on any atom is 0.328 e. The van der Waals surface area contributed by atoms with E-state index in [1.165, 1.54) is 18.7 Å². The van der Waals surface area contributed by atoms with Gasteiger partial charge < -0.3 is 15.3 Å². The number of aromatic nitrogens is 1. The first kappa shape index (κ1) is 15.2. The van der Waals surface area contributed by atoms with Crippen LogP contribution in [-0.4, -0.2) is 53.0 Å². The molecule has 0 bridgehead atoms. The number of likely N-dealkylation sites (tertiary alicyclic amines) is 1. The van der Waals surface area contributed by atoms with Crippen LogP contribution in [0.25, 0.3) is 6.08 Å². The largest absolute Gasteiger partial charge is 0.478 e. The predicted molar refractivity (Wildman–Crippen MR) is 78.9 cm³/mol. The minimum absolute atomic E-state index is 0.205. The Labute approximate surface area is 123 Å². The van der Waals surface area contributed by atoms with Crippen molar-refractivity contribution in [3.05, 3.63) is 35.7 Å². The molecule has 1 aromatic heterocycles. The maximum absolute atomic E-state index is 12.0. The maximum atomic E-state index is 12.0. The molecule has 1 saturated heterocycles. The Hall–Kier alpha value is -2.21. The average Bonchev–Trinajstić information content (AvgIpc) is 2.88. The lowest BCUT2D eigenvalue weighted by molar-refractivity contribution is -0.131. The van der Waals surface area contributed by atoms with Crippen molar-refractivity contribution in [1.29, 1.82) is 0 Å². The van der Waals surface area contributed by atoms with Crippen molar-refractivity contribution in [1.82, 2.24) is 15.2 Å². The van der Waals surface area contributed by atoms with E-state index in [4.69, 9.17) is 5.11 Å². The molecular weight excluding hydrogens is 270 g/mol. The number of carboxylic acids is 1. The lowest BCUT2D eigenvalue weighted by Gasteiger charge is -2.19. The van der Waals surface area contributed by atoms with E-state index in [1.54, 1.807) is 12.1 Å². The Morgan fingerprint density at radius 2 is 2.33 bits per heavy atom. The number of rotatable bonds is 5. The summed E-state index contributed by atoms with van der Waals surface area (Å²) in [7, 11) is 2.06. The number of pyridine rings is 1. The van der Waals surface area contributed by atoms with Gasteiger partial charge >= 0.3 is 5.97 Å². The van der Waals surface area contributed by atoms with Gasteiger partial charge in [-0.1, -0.05) is 6.07 Å². The molecular formula is C15H19N3O3. The molecule has 0 aromatic carbocycles. The number of nitrogens with zero attached hydrogens (tertiary/aromatic N) is 2. The van der Waals surface area contributed by atoms with Crippen LogP contribution in [0.15, 0.2) is 24.4 Å². The van der Waals surface area contributed by atoms with Gasteiger partial charge in [0.1, 0.15) is 5.69 Å². The number of carbonyl (C=O) groups is 2. The van der Waals surface area contributed by atoms with Gasteiger partial charge in [0.2, 0.25) is 0 Å². The Kier molecular flexibility index (Phi) is 5.05. The van der Waals surface area contributed by atoms with E-state index in [2.05, 4.69) is 22.2 Å². The van der Waals surface area contributed by atoms with E-state index in [0.29, 0.717) is 23.8 Å². The van der Waals surface area contributed by atoms with Gasteiger partial charge in [0.15, 0.2) is 0 Å². The zero-order chi connectivity index (χ0) is 15.2. The lowest BCUT2D eigenvalue weighted by atomic mass is 10.2. The van der Waals surface area contributed by atoms with Crippen molar-refractivity contribution in [2.45, 2.75) is 18.9 Å². The topological polar surface area (TPSA) is 82.5 Å². The summed E-state index contributed by atoms with van der Waals surface area (Å²) in [5, 5.41) is 11.4. The van der Waals surface area contributed by atoms with Gasteiger partial charge in [0.25, 0.3) is 5.91 Å². The van der Waals surface area contributed by atoms with Crippen molar-refractivity contribution < 1.29 is 14.7 Å². The quantitative estimate of drug-likeness (QED) is 0.790. The van der Waals surface area contributed by atoms with E-state index in [9.17, 15) is 9.59 Å². The van der Waals surface area contributed by atoms with Gasteiger partial charge in [-0.25, -0.2) is 4.79 Å². The van der Waals surface area contributed by atoms with Crippen LogP contribution >= 0.6 is 0 Å². The molecule has 6 heteroatoms. The van der Waals surface area contributed by atoms with E-state index in [1.807, 2.05) is 0 Å². The second-order valence-corrected chi connectivity index (χ2v) is 5.14. The molecule has 1 fully saturated rings. The van der Waals surface area contributed by atoms with Crippen LogP contribution in [0.5, 0.6) is 0 Å². The molecule has 1 aliphatic rings. The molecule has 0 saturated carbocycles. The molecule has 1 aromatic rings. The van der Waals surface area contributed by atoms with Gasteiger partial charge in [-0.3, -0.25) is 9.78 Å². The van der Waals surface area contributed by atoms with Crippen molar-refractivity contribution in [3.8, 4) is 0 Å². The van der Waals surface area contributed by atoms with Gasteiger partial charge in [-0.05, 0) is 44.1 Å². The van der Waals surface area contributed by atoms with Crippen LogP contribution in [0.2, 0.25) is 0 Å². The molecule has 21 heavy (non-hydrogen) atoms. The van der Waals surface area contributed by atoms with Gasteiger partial charge in [0.05, 0.1) is 0 Å². The zero-order valence-electron chi connectivity index (χ0n) is 12.0. The van der Waals surface area contributed by atoms with Crippen LogP contribution in [-0.2, 0) is 4.79 Å². The molecule has 0 aliphatic carbocycles. The molecule has 0 spiro atoms. The van der Waals surface area contributed by atoms with Crippen molar-refractivity contribution in [2.75, 3.05) is 20.1 Å². The van der Waals surface area contributed by atoms with Gasteiger partial charge in [0, 0.05) is 24.9 Å². The number of carbonyl (C=O) groups excluding carboxylic acids is 1. The van der Waals surface area contributed by atoms with Crippen LogP contribution in [0.1, 0.15) is 28.9 Å². The molecule has 1 unspecified atom stereocenters. The fraction of sp³-hybridized carbons (Fsp3) is 0.400. The fourth-order valence-electron chi connectivity index (χ4n) is 2.34. The van der Waals surface area contributed by atoms with Crippen molar-refractivity contribution >= 4 is 18.0 Å². The van der Waals surface area contributed by atoms with Crippen LogP contribution in [0.3, 0.4) is 0 Å². The highest BCUT2D eigenvalue weighted by molar-refractivity contribution is 5.92. The van der Waals surface area contributed by atoms with Crippen molar-refractivity contribution in [2.24, 2.45) is 0 Å². The van der Waals surface area contributed by atoms with Crippen LogP contribution < -0.4 is 5.32 Å². The van der Waals surface area contributed by atoms with Gasteiger partial charge in [-0.2, -0.15) is 0 Å². The second-order valence-electron chi connectivity index (χ2n) is 5.14. The number of nitrogens with one attached hydrogen (secondary N) is 1. The van der Waals surface area contributed by atoms with E-state index in [-0.39, 0.29) is 5.91 Å². The number of carboxylic acid groups (broad SMARTS) is 1. The van der Waals surface area contributed by atoms with Crippen LogP contribution in [0.4, 0.5) is 0 Å². The molecule has 112 valence electrons.